The number of aliphatic hydroxyl groups is 2. The Morgan fingerprint density at radius 2 is 1.77 bits per heavy atom. The van der Waals surface area contributed by atoms with Gasteiger partial charge in [0.05, 0.1) is 17.2 Å². The number of fused-ring (bicyclic) bond motifs is 1. The first-order chi connectivity index (χ1) is 12.2. The van der Waals surface area contributed by atoms with Gasteiger partial charge in [-0.15, -0.1) is 0 Å². The van der Waals surface area contributed by atoms with E-state index in [1.54, 1.807) is 6.92 Å². The van der Waals surface area contributed by atoms with E-state index in [0.717, 1.165) is 6.07 Å². The molecule has 1 aromatic rings. The van der Waals surface area contributed by atoms with Crippen molar-refractivity contribution in [1.82, 2.24) is 0 Å². The number of aliphatic hydroxyl groups excluding tert-OH is 2. The van der Waals surface area contributed by atoms with Crippen molar-refractivity contribution in [3.63, 3.8) is 0 Å². The molecule has 0 fully saturated rings. The molecule has 26 heavy (non-hydrogen) atoms. The van der Waals surface area contributed by atoms with Crippen LogP contribution in [0.3, 0.4) is 0 Å². The van der Waals surface area contributed by atoms with Crippen LogP contribution in [-0.4, -0.2) is 50.5 Å². The van der Waals surface area contributed by atoms with Crippen molar-refractivity contribution in [1.29, 1.82) is 0 Å². The lowest BCUT2D eigenvalue weighted by atomic mass is 9.97. The first-order valence-corrected chi connectivity index (χ1v) is 8.57. The van der Waals surface area contributed by atoms with Crippen LogP contribution in [0.4, 0.5) is 0 Å². The van der Waals surface area contributed by atoms with Gasteiger partial charge in [-0.3, -0.25) is 4.79 Å². The molecule has 7 nitrogen and oxygen atoms in total. The average molecular weight is 385 g/mol. The number of ketones is 1. The summed E-state index contributed by atoms with van der Waals surface area (Å²) in [6.07, 6.45) is 0.0675. The van der Waals surface area contributed by atoms with E-state index in [1.165, 1.54) is 12.2 Å². The van der Waals surface area contributed by atoms with E-state index in [4.69, 9.17) is 16.3 Å². The topological polar surface area (TPSA) is 124 Å². The van der Waals surface area contributed by atoms with E-state index in [-0.39, 0.29) is 47.6 Å². The van der Waals surface area contributed by atoms with Crippen LogP contribution in [-0.2, 0) is 16.0 Å². The van der Waals surface area contributed by atoms with Crippen molar-refractivity contribution in [2.45, 2.75) is 50.9 Å². The number of phenols is 2. The van der Waals surface area contributed by atoms with Crippen molar-refractivity contribution in [3.05, 3.63) is 34.4 Å². The number of cyclic esters (lactones) is 1. The summed E-state index contributed by atoms with van der Waals surface area (Å²) in [6.45, 7) is 1.56. The number of esters is 1. The predicted octanol–water partition coefficient (Wildman–Crippen LogP) is 1.87. The number of halogens is 1. The number of carbonyl (C=O) groups excluding carboxylic acids is 2. The lowest BCUT2D eigenvalue weighted by Crippen LogP contribution is -2.22. The van der Waals surface area contributed by atoms with Gasteiger partial charge in [0.25, 0.3) is 0 Å². The van der Waals surface area contributed by atoms with Gasteiger partial charge in [0.15, 0.2) is 0 Å². The van der Waals surface area contributed by atoms with Gasteiger partial charge in [-0.1, -0.05) is 23.8 Å². The van der Waals surface area contributed by atoms with Gasteiger partial charge < -0.3 is 25.2 Å². The average Bonchev–Trinajstić information content (AvgIpc) is 2.54. The highest BCUT2D eigenvalue weighted by molar-refractivity contribution is 6.33. The Hall–Kier alpha value is -2.09. The smallest absolute Gasteiger partial charge is 0.342 e. The van der Waals surface area contributed by atoms with Crippen LogP contribution in [0.2, 0.25) is 5.02 Å². The molecule has 1 aromatic carbocycles. The van der Waals surface area contributed by atoms with E-state index in [2.05, 4.69) is 0 Å². The lowest BCUT2D eigenvalue weighted by Gasteiger charge is -2.19. The van der Waals surface area contributed by atoms with Crippen LogP contribution in [0, 0.1) is 0 Å². The van der Waals surface area contributed by atoms with Gasteiger partial charge in [-0.05, 0) is 13.3 Å². The third-order valence-electron chi connectivity index (χ3n) is 4.06. The zero-order valence-electron chi connectivity index (χ0n) is 14.2. The maximum absolute atomic E-state index is 12.5. The Morgan fingerprint density at radius 1 is 1.12 bits per heavy atom. The maximum atomic E-state index is 12.5. The Kier molecular flexibility index (Phi) is 6.63. The number of aromatic hydroxyl groups is 2. The normalized spacial score (nSPS) is 25.3. The second-order valence-electron chi connectivity index (χ2n) is 6.31. The first kappa shape index (κ1) is 20.2. The van der Waals surface area contributed by atoms with Crippen molar-refractivity contribution in [3.8, 4) is 11.5 Å². The SMILES string of the molecule is C[C@H]1C[C@@H](O)C=C[C@@H](O)CCC(=O)Cc2c(Cl)c(O)cc(O)c2C(=O)O1. The number of hydrogen-bond donors (Lipinski definition) is 4. The molecule has 0 radical (unpaired) electrons. The van der Waals surface area contributed by atoms with E-state index < -0.39 is 35.8 Å². The minimum absolute atomic E-state index is 0.0146. The molecular formula is C18H21ClO7. The monoisotopic (exact) mass is 384 g/mol. The summed E-state index contributed by atoms with van der Waals surface area (Å²) >= 11 is 6.03. The second kappa shape index (κ2) is 8.53. The maximum Gasteiger partial charge on any atom is 0.342 e. The van der Waals surface area contributed by atoms with Crippen molar-refractivity contribution >= 4 is 23.4 Å². The quantitative estimate of drug-likeness (QED) is 0.397. The van der Waals surface area contributed by atoms with Gasteiger partial charge in [0, 0.05) is 30.9 Å². The third-order valence-corrected chi connectivity index (χ3v) is 4.48. The van der Waals surface area contributed by atoms with E-state index >= 15 is 0 Å². The van der Waals surface area contributed by atoms with Gasteiger partial charge in [0.2, 0.25) is 0 Å². The highest BCUT2D eigenvalue weighted by atomic mass is 35.5. The third kappa shape index (κ3) is 4.97. The fourth-order valence-electron chi connectivity index (χ4n) is 2.73. The standard InChI is InChI=1S/C18H21ClO7/c1-9-6-11(21)4-2-10(20)3-5-12(22)7-13-16(18(25)26-9)14(23)8-15(24)17(13)19/h2,4,8-11,20-21,23-24H,3,5-7H2,1H3/t9-,10+,11-/m0/s1. The minimum atomic E-state index is -0.956. The van der Waals surface area contributed by atoms with E-state index in [1.807, 2.05) is 0 Å². The molecule has 2 rings (SSSR count). The molecule has 0 unspecified atom stereocenters. The minimum Gasteiger partial charge on any atom is -0.507 e. The molecule has 3 atom stereocenters. The highest BCUT2D eigenvalue weighted by Crippen LogP contribution is 2.37. The summed E-state index contributed by atoms with van der Waals surface area (Å²) in [7, 11) is 0. The fourth-order valence-corrected chi connectivity index (χ4v) is 2.95. The summed E-state index contributed by atoms with van der Waals surface area (Å²) in [5.41, 5.74) is -0.329. The van der Waals surface area contributed by atoms with Crippen molar-refractivity contribution < 1.29 is 34.8 Å². The number of benzene rings is 1. The summed E-state index contributed by atoms with van der Waals surface area (Å²) < 4.78 is 5.22. The Labute approximate surface area is 155 Å². The van der Waals surface area contributed by atoms with Crippen molar-refractivity contribution in [2.75, 3.05) is 0 Å². The summed E-state index contributed by atoms with van der Waals surface area (Å²) in [4.78, 5) is 24.7. The van der Waals surface area contributed by atoms with E-state index in [9.17, 15) is 30.0 Å². The molecule has 4 N–H and O–H groups in total. The molecule has 0 saturated carbocycles. The largest absolute Gasteiger partial charge is 0.507 e. The fraction of sp³-hybridized carbons (Fsp3) is 0.444. The molecular weight excluding hydrogens is 364 g/mol. The molecule has 0 aromatic heterocycles. The molecule has 1 aliphatic heterocycles. The van der Waals surface area contributed by atoms with Gasteiger partial charge in [-0.2, -0.15) is 0 Å². The Bertz CT molecular complexity index is 729. The molecule has 142 valence electrons. The zero-order valence-corrected chi connectivity index (χ0v) is 14.9. The van der Waals surface area contributed by atoms with Gasteiger partial charge in [0.1, 0.15) is 28.9 Å². The number of carbonyl (C=O) groups is 2. The number of hydrogen-bond acceptors (Lipinski definition) is 7. The summed E-state index contributed by atoms with van der Waals surface area (Å²) in [6, 6.07) is 0.905. The van der Waals surface area contributed by atoms with Crippen molar-refractivity contribution in [2.24, 2.45) is 0 Å². The molecule has 0 amide bonds. The number of phenolic OH excluding ortho intramolecular Hbond substituents is 2. The molecule has 0 saturated heterocycles. The van der Waals surface area contributed by atoms with Gasteiger partial charge in [-0.25, -0.2) is 4.79 Å². The first-order valence-electron chi connectivity index (χ1n) is 8.19. The second-order valence-corrected chi connectivity index (χ2v) is 6.69. The predicted molar refractivity (Wildman–Crippen MR) is 93.4 cm³/mol. The molecule has 1 aliphatic rings. The molecule has 8 heteroatoms. The molecule has 1 heterocycles. The summed E-state index contributed by atoms with van der Waals surface area (Å²) in [5, 5.41) is 39.4. The Balaban J connectivity index is 2.45. The number of ether oxygens (including phenoxy) is 1. The highest BCUT2D eigenvalue weighted by Gasteiger charge is 2.27. The molecule has 0 aliphatic carbocycles. The zero-order chi connectivity index (χ0) is 19.4. The Morgan fingerprint density at radius 3 is 2.46 bits per heavy atom. The van der Waals surface area contributed by atoms with Crippen LogP contribution in [0.1, 0.15) is 42.1 Å². The van der Waals surface area contributed by atoms with E-state index in [0.29, 0.717) is 0 Å². The van der Waals surface area contributed by atoms with Crippen LogP contribution < -0.4 is 0 Å². The van der Waals surface area contributed by atoms with Crippen LogP contribution in [0.5, 0.6) is 11.5 Å². The molecule has 0 bridgehead atoms. The van der Waals surface area contributed by atoms with Crippen LogP contribution >= 0.6 is 11.6 Å². The van der Waals surface area contributed by atoms with Gasteiger partial charge >= 0.3 is 5.97 Å². The number of rotatable bonds is 0. The van der Waals surface area contributed by atoms with Crippen LogP contribution in [0.25, 0.3) is 0 Å². The van der Waals surface area contributed by atoms with Crippen LogP contribution in [0.15, 0.2) is 18.2 Å². The molecule has 0 spiro atoms. The lowest BCUT2D eigenvalue weighted by molar-refractivity contribution is -0.118. The summed E-state index contributed by atoms with van der Waals surface area (Å²) in [5.74, 6) is -2.27. The number of Topliss-reactive ketones (excluding diaryl/α,β-unsaturated/α-hetero) is 1.